The lowest BCUT2D eigenvalue weighted by molar-refractivity contribution is 0.0907. The van der Waals surface area contributed by atoms with E-state index in [1.165, 1.54) is 12.8 Å². The predicted molar refractivity (Wildman–Crippen MR) is 69.4 cm³/mol. The molecular formula is C13H18N2OS. The number of carbonyl (C=O) groups is 1. The first-order valence-electron chi connectivity index (χ1n) is 6.48. The van der Waals surface area contributed by atoms with E-state index < -0.39 is 0 Å². The number of nitrogens with zero attached hydrogens (tertiary/aromatic N) is 2. The molecule has 3 heterocycles. The topological polar surface area (TPSA) is 34.9 Å². The molecule has 2 aliphatic rings. The molecule has 0 spiro atoms. The summed E-state index contributed by atoms with van der Waals surface area (Å²) in [6, 6.07) is 0. The summed E-state index contributed by atoms with van der Waals surface area (Å²) >= 11 is 2.11. The number of ketones is 1. The van der Waals surface area contributed by atoms with Crippen LogP contribution in [0.1, 0.15) is 43.0 Å². The number of thioether (sulfide) groups is 1. The quantitative estimate of drug-likeness (QED) is 0.774. The minimum Gasteiger partial charge on any atom is -0.294 e. The lowest BCUT2D eigenvalue weighted by Crippen LogP contribution is -2.24. The SMILES string of the molecule is CCn1cc(C(=O)C2CC3CCC(C2)S3)cn1. The van der Waals surface area contributed by atoms with Gasteiger partial charge in [-0.05, 0) is 32.6 Å². The van der Waals surface area contributed by atoms with Crippen LogP contribution < -0.4 is 0 Å². The van der Waals surface area contributed by atoms with Crippen molar-refractivity contribution in [3.63, 3.8) is 0 Å². The molecule has 1 aromatic heterocycles. The zero-order valence-electron chi connectivity index (χ0n) is 10.1. The Balaban J connectivity index is 1.73. The molecule has 2 aliphatic heterocycles. The Kier molecular flexibility index (Phi) is 2.99. The molecule has 0 aliphatic carbocycles. The Labute approximate surface area is 106 Å². The Morgan fingerprint density at radius 2 is 2.18 bits per heavy atom. The zero-order chi connectivity index (χ0) is 11.8. The molecule has 2 saturated heterocycles. The molecule has 92 valence electrons. The minimum atomic E-state index is 0.253. The van der Waals surface area contributed by atoms with E-state index in [2.05, 4.69) is 16.9 Å². The molecule has 0 N–H and O–H groups in total. The van der Waals surface area contributed by atoms with Crippen LogP contribution in [0.15, 0.2) is 12.4 Å². The molecule has 2 bridgehead atoms. The van der Waals surface area contributed by atoms with Crippen molar-refractivity contribution >= 4 is 17.5 Å². The molecule has 2 fully saturated rings. The number of carbonyl (C=O) groups excluding carboxylic acids is 1. The first-order chi connectivity index (χ1) is 8.26. The van der Waals surface area contributed by atoms with E-state index in [9.17, 15) is 4.79 Å². The third-order valence-electron chi connectivity index (χ3n) is 3.90. The number of aryl methyl sites for hydroxylation is 1. The number of hydrogen-bond acceptors (Lipinski definition) is 3. The Bertz CT molecular complexity index is 417. The molecule has 3 nitrogen and oxygen atoms in total. The fourth-order valence-corrected chi connectivity index (χ4v) is 4.75. The molecule has 1 aromatic rings. The number of aromatic nitrogens is 2. The van der Waals surface area contributed by atoms with Gasteiger partial charge in [-0.1, -0.05) is 0 Å². The second-order valence-corrected chi connectivity index (χ2v) is 6.68. The van der Waals surface area contributed by atoms with E-state index in [4.69, 9.17) is 0 Å². The predicted octanol–water partition coefficient (Wildman–Crippen LogP) is 2.76. The number of hydrogen-bond donors (Lipinski definition) is 0. The van der Waals surface area contributed by atoms with Crippen molar-refractivity contribution in [3.8, 4) is 0 Å². The fourth-order valence-electron chi connectivity index (χ4n) is 2.97. The Hall–Kier alpha value is -0.770. The monoisotopic (exact) mass is 250 g/mol. The third-order valence-corrected chi connectivity index (χ3v) is 5.53. The van der Waals surface area contributed by atoms with Crippen molar-refractivity contribution in [1.29, 1.82) is 0 Å². The lowest BCUT2D eigenvalue weighted by Gasteiger charge is -2.25. The molecule has 0 aromatic carbocycles. The summed E-state index contributed by atoms with van der Waals surface area (Å²) in [5, 5.41) is 5.67. The first kappa shape index (κ1) is 11.3. The molecule has 0 saturated carbocycles. The van der Waals surface area contributed by atoms with Gasteiger partial charge in [0.1, 0.15) is 0 Å². The summed E-state index contributed by atoms with van der Waals surface area (Å²) in [5.74, 6) is 0.574. The number of rotatable bonds is 3. The lowest BCUT2D eigenvalue weighted by atomic mass is 9.92. The van der Waals surface area contributed by atoms with Gasteiger partial charge in [0.05, 0.1) is 11.8 Å². The van der Waals surface area contributed by atoms with Gasteiger partial charge in [-0.25, -0.2) is 0 Å². The molecular weight excluding hydrogens is 232 g/mol. The summed E-state index contributed by atoms with van der Waals surface area (Å²) in [6.45, 7) is 2.87. The van der Waals surface area contributed by atoms with Gasteiger partial charge in [-0.2, -0.15) is 16.9 Å². The third kappa shape index (κ3) is 2.15. The van der Waals surface area contributed by atoms with Crippen molar-refractivity contribution in [2.24, 2.45) is 5.92 Å². The van der Waals surface area contributed by atoms with Gasteiger partial charge in [-0.15, -0.1) is 0 Å². The summed E-state index contributed by atoms with van der Waals surface area (Å²) < 4.78 is 1.83. The van der Waals surface area contributed by atoms with E-state index in [1.807, 2.05) is 17.8 Å². The molecule has 0 amide bonds. The molecule has 4 heteroatoms. The van der Waals surface area contributed by atoms with Gasteiger partial charge in [0.15, 0.2) is 5.78 Å². The van der Waals surface area contributed by atoms with Gasteiger partial charge in [0, 0.05) is 29.2 Å². The maximum absolute atomic E-state index is 12.4. The van der Waals surface area contributed by atoms with Crippen LogP contribution in [0.5, 0.6) is 0 Å². The van der Waals surface area contributed by atoms with Crippen LogP contribution in [0.3, 0.4) is 0 Å². The number of Topliss-reactive ketones (excluding diaryl/α,β-unsaturated/α-hetero) is 1. The van der Waals surface area contributed by atoms with Crippen LogP contribution in [0.2, 0.25) is 0 Å². The standard InChI is InChI=1S/C13H18N2OS/c1-2-15-8-10(7-14-15)13(16)9-5-11-3-4-12(6-9)17-11/h7-9,11-12H,2-6H2,1H3. The van der Waals surface area contributed by atoms with Crippen molar-refractivity contribution in [3.05, 3.63) is 18.0 Å². The normalized spacial score (nSPS) is 31.7. The van der Waals surface area contributed by atoms with E-state index in [0.29, 0.717) is 5.78 Å². The van der Waals surface area contributed by atoms with Gasteiger partial charge in [0.25, 0.3) is 0 Å². The average molecular weight is 250 g/mol. The van der Waals surface area contributed by atoms with Gasteiger partial charge in [-0.3, -0.25) is 9.48 Å². The maximum Gasteiger partial charge on any atom is 0.169 e. The largest absolute Gasteiger partial charge is 0.294 e. The maximum atomic E-state index is 12.4. The summed E-state index contributed by atoms with van der Waals surface area (Å²) in [7, 11) is 0. The van der Waals surface area contributed by atoms with E-state index in [-0.39, 0.29) is 5.92 Å². The van der Waals surface area contributed by atoms with Crippen LogP contribution in [0.4, 0.5) is 0 Å². The van der Waals surface area contributed by atoms with Gasteiger partial charge >= 0.3 is 0 Å². The minimum absolute atomic E-state index is 0.253. The van der Waals surface area contributed by atoms with Crippen molar-refractivity contribution in [1.82, 2.24) is 9.78 Å². The summed E-state index contributed by atoms with van der Waals surface area (Å²) in [4.78, 5) is 12.4. The highest BCUT2D eigenvalue weighted by Crippen LogP contribution is 2.46. The molecule has 2 atom stereocenters. The van der Waals surface area contributed by atoms with Crippen molar-refractivity contribution in [2.45, 2.75) is 49.7 Å². The van der Waals surface area contributed by atoms with Gasteiger partial charge < -0.3 is 0 Å². The first-order valence-corrected chi connectivity index (χ1v) is 7.42. The van der Waals surface area contributed by atoms with E-state index >= 15 is 0 Å². The number of fused-ring (bicyclic) bond motifs is 2. The Morgan fingerprint density at radius 1 is 1.47 bits per heavy atom. The molecule has 0 radical (unpaired) electrons. The van der Waals surface area contributed by atoms with Crippen molar-refractivity contribution in [2.75, 3.05) is 0 Å². The van der Waals surface area contributed by atoms with E-state index in [0.717, 1.165) is 35.4 Å². The highest BCUT2D eigenvalue weighted by molar-refractivity contribution is 8.00. The highest BCUT2D eigenvalue weighted by atomic mass is 32.2. The fraction of sp³-hybridized carbons (Fsp3) is 0.692. The molecule has 3 rings (SSSR count). The van der Waals surface area contributed by atoms with Crippen LogP contribution in [-0.2, 0) is 6.54 Å². The molecule has 2 unspecified atom stereocenters. The second-order valence-electron chi connectivity index (χ2n) is 5.07. The second kappa shape index (κ2) is 4.48. The van der Waals surface area contributed by atoms with Crippen LogP contribution >= 0.6 is 11.8 Å². The highest BCUT2D eigenvalue weighted by Gasteiger charge is 2.38. The van der Waals surface area contributed by atoms with Crippen molar-refractivity contribution < 1.29 is 4.79 Å². The average Bonchev–Trinajstić information content (AvgIpc) is 2.95. The van der Waals surface area contributed by atoms with E-state index in [1.54, 1.807) is 6.20 Å². The smallest absolute Gasteiger partial charge is 0.169 e. The molecule has 17 heavy (non-hydrogen) atoms. The van der Waals surface area contributed by atoms with Crippen LogP contribution in [0.25, 0.3) is 0 Å². The summed E-state index contributed by atoms with van der Waals surface area (Å²) in [6.07, 6.45) is 8.41. The Morgan fingerprint density at radius 3 is 2.76 bits per heavy atom. The zero-order valence-corrected chi connectivity index (χ0v) is 10.9. The van der Waals surface area contributed by atoms with Crippen LogP contribution in [0, 0.1) is 5.92 Å². The van der Waals surface area contributed by atoms with Gasteiger partial charge in [0.2, 0.25) is 0 Å². The summed E-state index contributed by atoms with van der Waals surface area (Å²) in [5.41, 5.74) is 0.808. The van der Waals surface area contributed by atoms with Crippen LogP contribution in [-0.4, -0.2) is 26.1 Å².